The van der Waals surface area contributed by atoms with Crippen molar-refractivity contribution in [3.8, 4) is 0 Å². The van der Waals surface area contributed by atoms with Crippen LogP contribution in [0, 0.1) is 19.8 Å². The van der Waals surface area contributed by atoms with Gasteiger partial charge in [-0.15, -0.1) is 0 Å². The molecule has 1 aliphatic heterocycles. The third kappa shape index (κ3) is 5.19. The summed E-state index contributed by atoms with van der Waals surface area (Å²) < 4.78 is 5.13. The molecule has 0 radical (unpaired) electrons. The van der Waals surface area contributed by atoms with E-state index in [9.17, 15) is 9.59 Å². The molecular formula is C21H28N4O3. The van der Waals surface area contributed by atoms with Crippen LogP contribution >= 0.6 is 0 Å². The highest BCUT2D eigenvalue weighted by Gasteiger charge is 2.23. The number of aryl methyl sites for hydroxylation is 2. The minimum Gasteiger partial charge on any atom is -0.369 e. The number of rotatable bonds is 7. The van der Waals surface area contributed by atoms with E-state index in [1.807, 2.05) is 38.1 Å². The largest absolute Gasteiger partial charge is 0.369 e. The van der Waals surface area contributed by atoms with E-state index in [0.717, 1.165) is 60.7 Å². The summed E-state index contributed by atoms with van der Waals surface area (Å²) in [5.74, 6) is 0.475. The number of carbonyl (C=O) groups excluding carboxylic acids is 2. The van der Waals surface area contributed by atoms with E-state index >= 15 is 0 Å². The van der Waals surface area contributed by atoms with Crippen molar-refractivity contribution in [1.82, 2.24) is 10.1 Å². The van der Waals surface area contributed by atoms with Gasteiger partial charge < -0.3 is 15.6 Å². The summed E-state index contributed by atoms with van der Waals surface area (Å²) in [6.45, 7) is 6.22. The number of likely N-dealkylation sites (tertiary alicyclic amines) is 1. The van der Waals surface area contributed by atoms with Crippen molar-refractivity contribution in [3.63, 3.8) is 0 Å². The third-order valence-electron chi connectivity index (χ3n) is 5.34. The molecule has 2 aromatic rings. The first-order valence-electron chi connectivity index (χ1n) is 9.74. The summed E-state index contributed by atoms with van der Waals surface area (Å²) in [7, 11) is 0. The van der Waals surface area contributed by atoms with Crippen molar-refractivity contribution >= 4 is 17.5 Å². The molecule has 2 amide bonds. The maximum Gasteiger partial charge on any atom is 0.224 e. The summed E-state index contributed by atoms with van der Waals surface area (Å²) in [5, 5.41) is 6.84. The molecule has 28 heavy (non-hydrogen) atoms. The molecule has 1 aromatic carbocycles. The molecule has 1 atom stereocenters. The second-order valence-corrected chi connectivity index (χ2v) is 7.52. The van der Waals surface area contributed by atoms with Gasteiger partial charge in [0.05, 0.1) is 11.6 Å². The molecule has 7 heteroatoms. The lowest BCUT2D eigenvalue weighted by Crippen LogP contribution is -2.40. The third-order valence-corrected chi connectivity index (χ3v) is 5.34. The van der Waals surface area contributed by atoms with Gasteiger partial charge in [-0.3, -0.25) is 14.5 Å². The van der Waals surface area contributed by atoms with Crippen LogP contribution in [-0.2, 0) is 22.6 Å². The fraction of sp³-hybridized carbons (Fsp3) is 0.476. The Kier molecular flexibility index (Phi) is 6.46. The van der Waals surface area contributed by atoms with Gasteiger partial charge in [0.1, 0.15) is 5.76 Å². The average molecular weight is 384 g/mol. The number of hydrogen-bond acceptors (Lipinski definition) is 5. The van der Waals surface area contributed by atoms with Crippen molar-refractivity contribution in [1.29, 1.82) is 0 Å². The molecule has 1 unspecified atom stereocenters. The van der Waals surface area contributed by atoms with Gasteiger partial charge in [-0.2, -0.15) is 0 Å². The molecule has 0 aliphatic carbocycles. The Morgan fingerprint density at radius 1 is 1.29 bits per heavy atom. The van der Waals surface area contributed by atoms with Crippen LogP contribution in [0.15, 0.2) is 28.8 Å². The molecule has 2 heterocycles. The molecule has 0 bridgehead atoms. The Balaban J connectivity index is 1.48. The van der Waals surface area contributed by atoms with Crippen LogP contribution in [0.3, 0.4) is 0 Å². The predicted molar refractivity (Wildman–Crippen MR) is 107 cm³/mol. The number of nitrogens with one attached hydrogen (secondary N) is 1. The quantitative estimate of drug-likeness (QED) is 0.764. The Morgan fingerprint density at radius 3 is 2.68 bits per heavy atom. The maximum absolute atomic E-state index is 12.2. The molecule has 1 fully saturated rings. The van der Waals surface area contributed by atoms with Crippen molar-refractivity contribution in [2.75, 3.05) is 18.4 Å². The number of nitrogens with zero attached hydrogens (tertiary/aromatic N) is 2. The Hall–Kier alpha value is -2.67. The number of benzene rings is 1. The van der Waals surface area contributed by atoms with Crippen molar-refractivity contribution in [3.05, 3.63) is 46.8 Å². The molecule has 0 spiro atoms. The van der Waals surface area contributed by atoms with Gasteiger partial charge in [0.2, 0.25) is 11.8 Å². The zero-order valence-electron chi connectivity index (χ0n) is 16.5. The van der Waals surface area contributed by atoms with Crippen LogP contribution in [0.5, 0.6) is 0 Å². The SMILES string of the molecule is Cc1noc(C)c1CCC(=O)Nc1ccc(CN2CCCC(C(N)=O)C2)cc1. The Bertz CT molecular complexity index is 809. The van der Waals surface area contributed by atoms with Crippen molar-refractivity contribution in [2.24, 2.45) is 11.7 Å². The number of piperidine rings is 1. The van der Waals surface area contributed by atoms with Crippen molar-refractivity contribution in [2.45, 2.75) is 46.1 Å². The number of nitrogens with two attached hydrogens (primary N) is 1. The average Bonchev–Trinajstić information content (AvgIpc) is 2.99. The van der Waals surface area contributed by atoms with E-state index in [1.54, 1.807) is 0 Å². The minimum atomic E-state index is -0.209. The lowest BCUT2D eigenvalue weighted by Gasteiger charge is -2.31. The molecule has 1 aliphatic rings. The van der Waals surface area contributed by atoms with Gasteiger partial charge in [-0.05, 0) is 57.4 Å². The molecule has 1 saturated heterocycles. The molecule has 3 N–H and O–H groups in total. The molecule has 0 saturated carbocycles. The van der Waals surface area contributed by atoms with E-state index in [4.69, 9.17) is 10.3 Å². The molecular weight excluding hydrogens is 356 g/mol. The number of primary amides is 1. The summed E-state index contributed by atoms with van der Waals surface area (Å²) in [6, 6.07) is 7.85. The van der Waals surface area contributed by atoms with Gasteiger partial charge in [0.15, 0.2) is 0 Å². The number of anilines is 1. The summed E-state index contributed by atoms with van der Waals surface area (Å²) in [4.78, 5) is 25.9. The van der Waals surface area contributed by atoms with Gasteiger partial charge in [0.25, 0.3) is 0 Å². The van der Waals surface area contributed by atoms with Crippen LogP contribution < -0.4 is 11.1 Å². The molecule has 150 valence electrons. The van der Waals surface area contributed by atoms with Gasteiger partial charge >= 0.3 is 0 Å². The van der Waals surface area contributed by atoms with Gasteiger partial charge in [-0.25, -0.2) is 0 Å². The monoisotopic (exact) mass is 384 g/mol. The number of amides is 2. The van der Waals surface area contributed by atoms with Crippen LogP contribution in [0.1, 0.15) is 41.8 Å². The van der Waals surface area contributed by atoms with Crippen molar-refractivity contribution < 1.29 is 14.1 Å². The standard InChI is InChI=1S/C21H28N4O3/c1-14-19(15(2)28-24-14)9-10-20(26)23-18-7-5-16(6-8-18)12-25-11-3-4-17(13-25)21(22)27/h5-8,17H,3-4,9-13H2,1-2H3,(H2,22,27)(H,23,26). The van der Waals surface area contributed by atoms with Crippen LogP contribution in [-0.4, -0.2) is 35.0 Å². The summed E-state index contributed by atoms with van der Waals surface area (Å²) in [5.41, 5.74) is 9.22. The minimum absolute atomic E-state index is 0.0342. The Labute approximate surface area is 165 Å². The zero-order chi connectivity index (χ0) is 20.1. The fourth-order valence-corrected chi connectivity index (χ4v) is 3.70. The van der Waals surface area contributed by atoms with Crippen LogP contribution in [0.25, 0.3) is 0 Å². The summed E-state index contributed by atoms with van der Waals surface area (Å²) >= 11 is 0. The maximum atomic E-state index is 12.2. The predicted octanol–water partition coefficient (Wildman–Crippen LogP) is 2.56. The Morgan fingerprint density at radius 2 is 2.04 bits per heavy atom. The first-order valence-corrected chi connectivity index (χ1v) is 9.74. The highest BCUT2D eigenvalue weighted by Crippen LogP contribution is 2.20. The van der Waals surface area contributed by atoms with E-state index in [1.165, 1.54) is 0 Å². The van der Waals surface area contributed by atoms with Gasteiger partial charge in [0, 0.05) is 30.8 Å². The first kappa shape index (κ1) is 20.1. The number of hydrogen-bond donors (Lipinski definition) is 2. The summed E-state index contributed by atoms with van der Waals surface area (Å²) in [6.07, 6.45) is 2.87. The zero-order valence-corrected chi connectivity index (χ0v) is 16.5. The highest BCUT2D eigenvalue weighted by atomic mass is 16.5. The first-order chi connectivity index (χ1) is 13.4. The molecule has 7 nitrogen and oxygen atoms in total. The molecule has 3 rings (SSSR count). The van der Waals surface area contributed by atoms with E-state index < -0.39 is 0 Å². The fourth-order valence-electron chi connectivity index (χ4n) is 3.70. The normalized spacial score (nSPS) is 17.4. The second kappa shape index (κ2) is 9.01. The topological polar surface area (TPSA) is 101 Å². The van der Waals surface area contributed by atoms with Crippen LogP contribution in [0.2, 0.25) is 0 Å². The number of aromatic nitrogens is 1. The smallest absolute Gasteiger partial charge is 0.224 e. The lowest BCUT2D eigenvalue weighted by atomic mass is 9.97. The van der Waals surface area contributed by atoms with Gasteiger partial charge in [-0.1, -0.05) is 17.3 Å². The molecule has 1 aromatic heterocycles. The van der Waals surface area contributed by atoms with E-state index in [0.29, 0.717) is 12.8 Å². The highest BCUT2D eigenvalue weighted by molar-refractivity contribution is 5.90. The van der Waals surface area contributed by atoms with Crippen LogP contribution in [0.4, 0.5) is 5.69 Å². The van der Waals surface area contributed by atoms with E-state index in [2.05, 4.69) is 15.4 Å². The lowest BCUT2D eigenvalue weighted by molar-refractivity contribution is -0.123. The van der Waals surface area contributed by atoms with E-state index in [-0.39, 0.29) is 17.7 Å². The number of carbonyl (C=O) groups is 2. The second-order valence-electron chi connectivity index (χ2n) is 7.52.